The van der Waals surface area contributed by atoms with Crippen molar-refractivity contribution in [1.82, 2.24) is 0 Å². The van der Waals surface area contributed by atoms with Crippen molar-refractivity contribution >= 4 is 22.9 Å². The van der Waals surface area contributed by atoms with Gasteiger partial charge in [-0.3, -0.25) is 0 Å². The van der Waals surface area contributed by atoms with Gasteiger partial charge < -0.3 is 5.73 Å². The number of hydrogen-bond donors (Lipinski definition) is 1. The van der Waals surface area contributed by atoms with E-state index in [2.05, 4.69) is 13.0 Å². The summed E-state index contributed by atoms with van der Waals surface area (Å²) in [6.07, 6.45) is 2.71. The lowest BCUT2D eigenvalue weighted by molar-refractivity contribution is 0.422. The summed E-state index contributed by atoms with van der Waals surface area (Å²) in [4.78, 5) is 1.23. The molecule has 0 radical (unpaired) electrons. The molecule has 0 saturated heterocycles. The molecule has 0 aliphatic heterocycles. The van der Waals surface area contributed by atoms with Crippen molar-refractivity contribution in [3.05, 3.63) is 21.3 Å². The maximum Gasteiger partial charge on any atom is 0.0931 e. The summed E-state index contributed by atoms with van der Waals surface area (Å²) < 4.78 is 0.841. The van der Waals surface area contributed by atoms with Crippen LogP contribution < -0.4 is 5.73 Å². The van der Waals surface area contributed by atoms with Crippen molar-refractivity contribution in [2.75, 3.05) is 0 Å². The van der Waals surface area contributed by atoms with E-state index < -0.39 is 0 Å². The summed E-state index contributed by atoms with van der Waals surface area (Å²) in [5, 5.41) is 0. The van der Waals surface area contributed by atoms with Gasteiger partial charge in [0.1, 0.15) is 0 Å². The molecule has 2 rings (SSSR count). The van der Waals surface area contributed by atoms with Gasteiger partial charge in [0.05, 0.1) is 4.34 Å². The molecule has 3 heteroatoms. The van der Waals surface area contributed by atoms with Crippen LogP contribution in [0.5, 0.6) is 0 Å². The minimum Gasteiger partial charge on any atom is -0.323 e. The zero-order valence-electron chi connectivity index (χ0n) is 7.66. The number of thiophene rings is 1. The van der Waals surface area contributed by atoms with Crippen LogP contribution in [0.4, 0.5) is 0 Å². The maximum absolute atomic E-state index is 6.14. The van der Waals surface area contributed by atoms with Crippen LogP contribution in [0, 0.1) is 11.8 Å². The molecule has 2 N–H and O–H groups in total. The molecular weight excluding hydrogens is 202 g/mol. The van der Waals surface area contributed by atoms with Crippen LogP contribution in [0.15, 0.2) is 12.1 Å². The van der Waals surface area contributed by atoms with E-state index in [1.807, 2.05) is 6.07 Å². The lowest BCUT2D eigenvalue weighted by Crippen LogP contribution is -2.19. The Balaban J connectivity index is 2.06. The second-order valence-electron chi connectivity index (χ2n) is 3.86. The van der Waals surface area contributed by atoms with Crippen molar-refractivity contribution in [3.8, 4) is 0 Å². The fraction of sp³-hybridized carbons (Fsp3) is 0.600. The Morgan fingerprint density at radius 2 is 2.23 bits per heavy atom. The molecule has 1 nitrogen and oxygen atoms in total. The lowest BCUT2D eigenvalue weighted by Gasteiger charge is -2.17. The summed E-state index contributed by atoms with van der Waals surface area (Å²) in [5.41, 5.74) is 6.14. The molecule has 2 atom stereocenters. The Hall–Kier alpha value is -0.0500. The van der Waals surface area contributed by atoms with Crippen LogP contribution in [-0.2, 0) is 0 Å². The molecule has 13 heavy (non-hydrogen) atoms. The average molecular weight is 216 g/mol. The van der Waals surface area contributed by atoms with Gasteiger partial charge in [0.2, 0.25) is 0 Å². The highest BCUT2D eigenvalue weighted by Crippen LogP contribution is 2.43. The zero-order valence-corrected chi connectivity index (χ0v) is 9.24. The van der Waals surface area contributed by atoms with E-state index in [1.54, 1.807) is 11.3 Å². The largest absolute Gasteiger partial charge is 0.323 e. The quantitative estimate of drug-likeness (QED) is 0.822. The van der Waals surface area contributed by atoms with E-state index in [0.717, 1.165) is 10.3 Å². The number of nitrogens with two attached hydrogens (primary N) is 1. The summed E-state index contributed by atoms with van der Waals surface area (Å²) >= 11 is 7.48. The fourth-order valence-corrected chi connectivity index (χ4v) is 2.86. The molecule has 1 aromatic heterocycles. The van der Waals surface area contributed by atoms with Gasteiger partial charge in [-0.2, -0.15) is 0 Å². The highest BCUT2D eigenvalue weighted by atomic mass is 35.5. The maximum atomic E-state index is 6.14. The normalized spacial score (nSPS) is 21.5. The molecule has 0 amide bonds. The third-order valence-corrected chi connectivity index (χ3v) is 4.19. The first-order valence-electron chi connectivity index (χ1n) is 4.69. The SMILES string of the molecule is CC(C1CC1)C(N)c1ccc(Cl)s1. The van der Waals surface area contributed by atoms with Crippen LogP contribution in [0.25, 0.3) is 0 Å². The third-order valence-electron chi connectivity index (χ3n) is 2.85. The van der Waals surface area contributed by atoms with Crippen molar-refractivity contribution < 1.29 is 0 Å². The Morgan fingerprint density at radius 3 is 2.69 bits per heavy atom. The highest BCUT2D eigenvalue weighted by molar-refractivity contribution is 7.16. The van der Waals surface area contributed by atoms with E-state index >= 15 is 0 Å². The standard InChI is InChI=1S/C10H14ClNS/c1-6(7-2-3-7)10(12)8-4-5-9(11)13-8/h4-7,10H,2-3,12H2,1H3. The van der Waals surface area contributed by atoms with Crippen molar-refractivity contribution in [2.24, 2.45) is 17.6 Å². The lowest BCUT2D eigenvalue weighted by atomic mass is 9.96. The Bertz CT molecular complexity index is 293. The molecule has 0 bridgehead atoms. The van der Waals surface area contributed by atoms with E-state index in [1.165, 1.54) is 17.7 Å². The van der Waals surface area contributed by atoms with Crippen molar-refractivity contribution in [1.29, 1.82) is 0 Å². The smallest absolute Gasteiger partial charge is 0.0931 e. The third kappa shape index (κ3) is 2.06. The van der Waals surface area contributed by atoms with Gasteiger partial charge in [-0.25, -0.2) is 0 Å². The molecule has 1 aliphatic rings. The molecule has 0 aromatic carbocycles. The molecule has 2 unspecified atom stereocenters. The minimum absolute atomic E-state index is 0.185. The number of halogens is 1. The molecule has 0 spiro atoms. The van der Waals surface area contributed by atoms with Gasteiger partial charge in [-0.15, -0.1) is 11.3 Å². The van der Waals surface area contributed by atoms with E-state index in [9.17, 15) is 0 Å². The fourth-order valence-electron chi connectivity index (χ4n) is 1.68. The molecule has 1 aliphatic carbocycles. The number of hydrogen-bond acceptors (Lipinski definition) is 2. The van der Waals surface area contributed by atoms with Gasteiger partial charge in [-0.05, 0) is 36.8 Å². The second-order valence-corrected chi connectivity index (χ2v) is 5.61. The molecule has 1 heterocycles. The van der Waals surface area contributed by atoms with Crippen LogP contribution in [0.2, 0.25) is 4.34 Å². The first-order chi connectivity index (χ1) is 6.18. The van der Waals surface area contributed by atoms with Gasteiger partial charge in [0, 0.05) is 10.9 Å². The molecular formula is C10H14ClNS. The van der Waals surface area contributed by atoms with E-state index in [0.29, 0.717) is 5.92 Å². The Morgan fingerprint density at radius 1 is 1.54 bits per heavy atom. The Kier molecular flexibility index (Phi) is 2.63. The Labute approximate surface area is 87.9 Å². The van der Waals surface area contributed by atoms with Gasteiger partial charge in [0.25, 0.3) is 0 Å². The molecule has 1 saturated carbocycles. The van der Waals surface area contributed by atoms with E-state index in [-0.39, 0.29) is 6.04 Å². The molecule has 72 valence electrons. The van der Waals surface area contributed by atoms with Crippen LogP contribution in [-0.4, -0.2) is 0 Å². The topological polar surface area (TPSA) is 26.0 Å². The summed E-state index contributed by atoms with van der Waals surface area (Å²) in [6, 6.07) is 4.17. The first kappa shape index (κ1) is 9.50. The van der Waals surface area contributed by atoms with E-state index in [4.69, 9.17) is 17.3 Å². The van der Waals surface area contributed by atoms with Crippen molar-refractivity contribution in [2.45, 2.75) is 25.8 Å². The zero-order chi connectivity index (χ0) is 9.42. The summed E-state index contributed by atoms with van der Waals surface area (Å²) in [6.45, 7) is 2.25. The highest BCUT2D eigenvalue weighted by Gasteiger charge is 2.32. The first-order valence-corrected chi connectivity index (χ1v) is 5.88. The number of rotatable bonds is 3. The van der Waals surface area contributed by atoms with Gasteiger partial charge >= 0.3 is 0 Å². The van der Waals surface area contributed by atoms with Crippen LogP contribution in [0.3, 0.4) is 0 Å². The van der Waals surface area contributed by atoms with Crippen LogP contribution in [0.1, 0.15) is 30.7 Å². The van der Waals surface area contributed by atoms with Crippen molar-refractivity contribution in [3.63, 3.8) is 0 Å². The summed E-state index contributed by atoms with van der Waals surface area (Å²) in [7, 11) is 0. The molecule has 1 fully saturated rings. The minimum atomic E-state index is 0.185. The van der Waals surface area contributed by atoms with Gasteiger partial charge in [-0.1, -0.05) is 18.5 Å². The predicted molar refractivity (Wildman–Crippen MR) is 58.1 cm³/mol. The monoisotopic (exact) mass is 215 g/mol. The van der Waals surface area contributed by atoms with Gasteiger partial charge in [0.15, 0.2) is 0 Å². The average Bonchev–Trinajstić information content (AvgIpc) is 2.87. The summed E-state index contributed by atoms with van der Waals surface area (Å²) in [5.74, 6) is 1.46. The second kappa shape index (κ2) is 3.60. The van der Waals surface area contributed by atoms with Crippen LogP contribution >= 0.6 is 22.9 Å². The molecule has 1 aromatic rings. The predicted octanol–water partition coefficient (Wildman–Crippen LogP) is 3.45.